The third kappa shape index (κ3) is 5.73. The fourth-order valence-electron chi connectivity index (χ4n) is 4.06. The van der Waals surface area contributed by atoms with E-state index in [0.29, 0.717) is 34.1 Å². The van der Waals surface area contributed by atoms with E-state index >= 15 is 0 Å². The number of amides is 2. The minimum absolute atomic E-state index is 0.0158. The van der Waals surface area contributed by atoms with E-state index in [0.717, 1.165) is 29.8 Å². The average Bonchev–Trinajstić information content (AvgIpc) is 3.17. The molecule has 180 valence electrons. The van der Waals surface area contributed by atoms with Crippen molar-refractivity contribution in [2.45, 2.75) is 6.42 Å². The zero-order valence-electron chi connectivity index (χ0n) is 20.1. The van der Waals surface area contributed by atoms with E-state index in [1.165, 1.54) is 0 Å². The predicted molar refractivity (Wildman–Crippen MR) is 144 cm³/mol. The Morgan fingerprint density at radius 2 is 1.63 bits per heavy atom. The van der Waals surface area contributed by atoms with Crippen LogP contribution in [0.4, 0.5) is 11.4 Å². The second-order valence-corrected chi connectivity index (χ2v) is 9.28. The number of fused-ring (bicyclic) bond motifs is 1. The molecule has 3 aromatic rings. The molecule has 0 fully saturated rings. The Morgan fingerprint density at radius 1 is 0.914 bits per heavy atom. The Morgan fingerprint density at radius 3 is 2.31 bits per heavy atom. The molecule has 7 heteroatoms. The highest BCUT2D eigenvalue weighted by Crippen LogP contribution is 2.38. The van der Waals surface area contributed by atoms with E-state index in [1.807, 2.05) is 81.8 Å². The van der Waals surface area contributed by atoms with E-state index in [-0.39, 0.29) is 11.8 Å². The van der Waals surface area contributed by atoms with Gasteiger partial charge < -0.3 is 20.4 Å². The number of anilines is 2. The molecule has 0 aromatic heterocycles. The molecule has 0 spiro atoms. The molecule has 0 bridgehead atoms. The van der Waals surface area contributed by atoms with Crippen molar-refractivity contribution in [3.63, 3.8) is 0 Å². The van der Waals surface area contributed by atoms with Crippen LogP contribution < -0.4 is 10.6 Å². The number of nitrogens with one attached hydrogen (secondary N) is 2. The fraction of sp³-hybridized carbons (Fsp3) is 0.214. The Kier molecular flexibility index (Phi) is 7.54. The number of carbonyl (C=O) groups is 2. The molecule has 1 aliphatic rings. The summed E-state index contributed by atoms with van der Waals surface area (Å²) in [7, 11) is 5.87. The van der Waals surface area contributed by atoms with E-state index in [4.69, 9.17) is 11.6 Å². The van der Waals surface area contributed by atoms with Crippen LogP contribution in [0.15, 0.2) is 72.8 Å². The quantitative estimate of drug-likeness (QED) is 0.422. The lowest BCUT2D eigenvalue weighted by Gasteiger charge is -2.19. The van der Waals surface area contributed by atoms with E-state index in [9.17, 15) is 9.59 Å². The van der Waals surface area contributed by atoms with Gasteiger partial charge in [0.1, 0.15) is 0 Å². The summed E-state index contributed by atoms with van der Waals surface area (Å²) in [6, 6.07) is 22.4. The van der Waals surface area contributed by atoms with Crippen molar-refractivity contribution in [1.29, 1.82) is 0 Å². The maximum atomic E-state index is 13.0. The van der Waals surface area contributed by atoms with Crippen molar-refractivity contribution < 1.29 is 9.59 Å². The first-order valence-corrected chi connectivity index (χ1v) is 11.9. The molecule has 0 saturated heterocycles. The van der Waals surface area contributed by atoms with Gasteiger partial charge in [0.05, 0.1) is 17.0 Å². The third-order valence-electron chi connectivity index (χ3n) is 5.89. The highest BCUT2D eigenvalue weighted by atomic mass is 35.5. The topological polar surface area (TPSA) is 64.7 Å². The summed E-state index contributed by atoms with van der Waals surface area (Å²) < 4.78 is 0. The van der Waals surface area contributed by atoms with Crippen LogP contribution in [0, 0.1) is 0 Å². The van der Waals surface area contributed by atoms with Crippen LogP contribution >= 0.6 is 11.6 Å². The van der Waals surface area contributed by atoms with Crippen LogP contribution in [0.2, 0.25) is 5.02 Å². The van der Waals surface area contributed by atoms with Crippen LogP contribution in [0.3, 0.4) is 0 Å². The van der Waals surface area contributed by atoms with Gasteiger partial charge in [-0.3, -0.25) is 9.59 Å². The Labute approximate surface area is 211 Å². The van der Waals surface area contributed by atoms with Gasteiger partial charge in [-0.2, -0.15) is 0 Å². The number of hydrogen-bond acceptors (Lipinski definition) is 4. The monoisotopic (exact) mass is 488 g/mol. The highest BCUT2D eigenvalue weighted by molar-refractivity contribution is 6.38. The van der Waals surface area contributed by atoms with Crippen molar-refractivity contribution in [2.75, 3.05) is 44.9 Å². The summed E-state index contributed by atoms with van der Waals surface area (Å²) in [6.45, 7) is 1.63. The lowest BCUT2D eigenvalue weighted by molar-refractivity contribution is -0.110. The zero-order chi connectivity index (χ0) is 24.9. The molecule has 2 N–H and O–H groups in total. The number of rotatable bonds is 8. The van der Waals surface area contributed by atoms with Gasteiger partial charge in [0.15, 0.2) is 0 Å². The molecule has 1 aliphatic heterocycles. The van der Waals surface area contributed by atoms with Crippen molar-refractivity contribution >= 4 is 46.1 Å². The SMILES string of the molecule is CN(C)CCCN(C)C(=O)c1ccc(N/C(=C2\C(=O)Nc3cc(Cl)ccc32)c2ccccc2)cc1. The average molecular weight is 489 g/mol. The van der Waals surface area contributed by atoms with Gasteiger partial charge in [-0.25, -0.2) is 0 Å². The summed E-state index contributed by atoms with van der Waals surface area (Å²) in [5.41, 5.74) is 4.98. The summed E-state index contributed by atoms with van der Waals surface area (Å²) in [5, 5.41) is 6.89. The molecular formula is C28H29ClN4O2. The van der Waals surface area contributed by atoms with Crippen molar-refractivity contribution in [1.82, 2.24) is 9.80 Å². The maximum Gasteiger partial charge on any atom is 0.258 e. The number of hydrogen-bond donors (Lipinski definition) is 2. The molecule has 35 heavy (non-hydrogen) atoms. The Hall–Kier alpha value is -3.61. The molecule has 2 amide bonds. The molecule has 0 saturated carbocycles. The molecule has 0 aliphatic carbocycles. The molecule has 4 rings (SSSR count). The normalized spacial score (nSPS) is 13.9. The summed E-state index contributed by atoms with van der Waals surface area (Å²) >= 11 is 6.13. The number of benzene rings is 3. The summed E-state index contributed by atoms with van der Waals surface area (Å²) in [4.78, 5) is 29.7. The number of carbonyl (C=O) groups excluding carboxylic acids is 2. The molecule has 1 heterocycles. The molecule has 6 nitrogen and oxygen atoms in total. The molecule has 3 aromatic carbocycles. The van der Waals surface area contributed by atoms with Crippen LogP contribution in [-0.4, -0.2) is 55.8 Å². The van der Waals surface area contributed by atoms with Gasteiger partial charge in [0, 0.05) is 35.4 Å². The largest absolute Gasteiger partial charge is 0.354 e. The minimum Gasteiger partial charge on any atom is -0.354 e. The van der Waals surface area contributed by atoms with Gasteiger partial charge in [-0.05, 0) is 69.0 Å². The fourth-order valence-corrected chi connectivity index (χ4v) is 4.24. The lowest BCUT2D eigenvalue weighted by atomic mass is 10.00. The Bertz CT molecular complexity index is 1250. The van der Waals surface area contributed by atoms with Crippen LogP contribution in [0.25, 0.3) is 11.3 Å². The molecule has 0 radical (unpaired) electrons. The van der Waals surface area contributed by atoms with Gasteiger partial charge in [0.25, 0.3) is 11.8 Å². The smallest absolute Gasteiger partial charge is 0.258 e. The van der Waals surface area contributed by atoms with Gasteiger partial charge in [-0.15, -0.1) is 0 Å². The second-order valence-electron chi connectivity index (χ2n) is 8.85. The first-order valence-electron chi connectivity index (χ1n) is 11.5. The van der Waals surface area contributed by atoms with Gasteiger partial charge in [-0.1, -0.05) is 48.0 Å². The third-order valence-corrected chi connectivity index (χ3v) is 6.12. The number of nitrogens with zero attached hydrogens (tertiary/aromatic N) is 2. The lowest BCUT2D eigenvalue weighted by Crippen LogP contribution is -2.29. The summed E-state index contributed by atoms with van der Waals surface area (Å²) in [5.74, 6) is -0.210. The van der Waals surface area contributed by atoms with Gasteiger partial charge in [0.2, 0.25) is 0 Å². The molecule has 0 atom stereocenters. The first kappa shape index (κ1) is 24.5. The standard InChI is InChI=1S/C28H29ClN4O2/c1-32(2)16-7-17-33(3)28(35)20-10-13-22(14-11-20)30-26(19-8-5-4-6-9-19)25-23-15-12-21(29)18-24(23)31-27(25)34/h4-6,8-15,18,30H,7,16-17H2,1-3H3,(H,31,34)/b26-25-. The predicted octanol–water partition coefficient (Wildman–Crippen LogP) is 5.30. The van der Waals surface area contributed by atoms with Crippen molar-refractivity contribution in [2.24, 2.45) is 0 Å². The minimum atomic E-state index is -0.195. The molecular weight excluding hydrogens is 460 g/mol. The number of halogens is 1. The van der Waals surface area contributed by atoms with E-state index in [1.54, 1.807) is 17.0 Å². The zero-order valence-corrected chi connectivity index (χ0v) is 20.9. The Balaban J connectivity index is 1.61. The van der Waals surface area contributed by atoms with Crippen LogP contribution in [0.5, 0.6) is 0 Å². The molecule has 0 unspecified atom stereocenters. The van der Waals surface area contributed by atoms with E-state index in [2.05, 4.69) is 15.5 Å². The van der Waals surface area contributed by atoms with Crippen LogP contribution in [0.1, 0.15) is 27.9 Å². The van der Waals surface area contributed by atoms with Crippen LogP contribution in [-0.2, 0) is 4.79 Å². The maximum absolute atomic E-state index is 13.0. The van der Waals surface area contributed by atoms with Gasteiger partial charge >= 0.3 is 0 Å². The van der Waals surface area contributed by atoms with E-state index < -0.39 is 0 Å². The summed E-state index contributed by atoms with van der Waals surface area (Å²) in [6.07, 6.45) is 0.914. The van der Waals surface area contributed by atoms with Crippen molar-refractivity contribution in [3.8, 4) is 0 Å². The highest BCUT2D eigenvalue weighted by Gasteiger charge is 2.28. The first-order chi connectivity index (χ1) is 16.8. The van der Waals surface area contributed by atoms with Crippen molar-refractivity contribution in [3.05, 3.63) is 94.5 Å². The second kappa shape index (κ2) is 10.8.